The van der Waals surface area contributed by atoms with Gasteiger partial charge >= 0.3 is 5.69 Å². The van der Waals surface area contributed by atoms with Crippen molar-refractivity contribution >= 4 is 11.6 Å². The smallest absolute Gasteiger partial charge is 0.311 e. The largest absolute Gasteiger partial charge is 0.487 e. The van der Waals surface area contributed by atoms with Crippen molar-refractivity contribution < 1.29 is 19.6 Å². The summed E-state index contributed by atoms with van der Waals surface area (Å²) in [6.45, 7) is 3.59. The molecular formula is C13H18N2O5. The number of nitrogens with zero attached hydrogens (tertiary/aromatic N) is 2. The Balaban J connectivity index is 3.19. The van der Waals surface area contributed by atoms with E-state index < -0.39 is 16.9 Å². The first kappa shape index (κ1) is 15.9. The normalized spacial score (nSPS) is 11.8. The highest BCUT2D eigenvalue weighted by atomic mass is 16.6. The average molecular weight is 282 g/mol. The molecular weight excluding hydrogens is 264 g/mol. The van der Waals surface area contributed by atoms with Gasteiger partial charge in [0.15, 0.2) is 0 Å². The van der Waals surface area contributed by atoms with Gasteiger partial charge in [0.1, 0.15) is 0 Å². The molecule has 0 aliphatic rings. The summed E-state index contributed by atoms with van der Waals surface area (Å²) in [6.07, 6.45) is -0.682. The number of amides is 1. The molecule has 0 fully saturated rings. The van der Waals surface area contributed by atoms with E-state index in [4.69, 9.17) is 4.74 Å². The maximum absolute atomic E-state index is 12.3. The highest BCUT2D eigenvalue weighted by Gasteiger charge is 2.25. The summed E-state index contributed by atoms with van der Waals surface area (Å²) in [6, 6.07) is 4.19. The third-order valence-electron chi connectivity index (χ3n) is 2.59. The van der Waals surface area contributed by atoms with Gasteiger partial charge in [-0.3, -0.25) is 14.9 Å². The quantitative estimate of drug-likeness (QED) is 0.629. The summed E-state index contributed by atoms with van der Waals surface area (Å²) >= 11 is 0. The molecule has 1 amide bonds. The number of nitro benzene ring substituents is 1. The van der Waals surface area contributed by atoms with Gasteiger partial charge in [-0.15, -0.1) is 0 Å². The molecule has 0 aliphatic carbocycles. The molecule has 0 aromatic heterocycles. The number of para-hydroxylation sites is 1. The van der Waals surface area contributed by atoms with Crippen LogP contribution in [-0.2, 0) is 0 Å². The fraction of sp³-hybridized carbons (Fsp3) is 0.462. The zero-order valence-electron chi connectivity index (χ0n) is 11.7. The van der Waals surface area contributed by atoms with E-state index in [9.17, 15) is 20.0 Å². The summed E-state index contributed by atoms with van der Waals surface area (Å²) < 4.78 is 5.25. The van der Waals surface area contributed by atoms with E-state index in [-0.39, 0.29) is 30.2 Å². The van der Waals surface area contributed by atoms with Crippen LogP contribution in [0.2, 0.25) is 0 Å². The van der Waals surface area contributed by atoms with Crippen LogP contribution in [0.3, 0.4) is 0 Å². The number of benzene rings is 1. The number of carbonyl (C=O) groups excluding carboxylic acids is 1. The number of rotatable bonds is 6. The zero-order chi connectivity index (χ0) is 15.3. The minimum Gasteiger partial charge on any atom is -0.487 e. The number of hydrogen-bond acceptors (Lipinski definition) is 5. The Hall–Kier alpha value is -2.15. The van der Waals surface area contributed by atoms with E-state index in [0.29, 0.717) is 0 Å². The Kier molecular flexibility index (Phi) is 5.45. The summed E-state index contributed by atoms with van der Waals surface area (Å²) in [5, 5.41) is 20.3. The lowest BCUT2D eigenvalue weighted by atomic mass is 10.1. The molecule has 0 saturated carbocycles. The maximum atomic E-state index is 12.3. The molecule has 1 aromatic carbocycles. The molecule has 110 valence electrons. The van der Waals surface area contributed by atoms with Crippen molar-refractivity contribution in [3.8, 4) is 5.75 Å². The highest BCUT2D eigenvalue weighted by Crippen LogP contribution is 2.31. The molecule has 20 heavy (non-hydrogen) atoms. The topological polar surface area (TPSA) is 92.9 Å². The van der Waals surface area contributed by atoms with Crippen LogP contribution in [0.4, 0.5) is 5.69 Å². The molecule has 1 aromatic rings. The van der Waals surface area contributed by atoms with Crippen molar-refractivity contribution in [2.75, 3.05) is 20.2 Å². The van der Waals surface area contributed by atoms with Gasteiger partial charge in [-0.2, -0.15) is 0 Å². The Bertz CT molecular complexity index is 502. The molecule has 7 heteroatoms. The van der Waals surface area contributed by atoms with Crippen LogP contribution >= 0.6 is 0 Å². The monoisotopic (exact) mass is 282 g/mol. The first-order valence-corrected chi connectivity index (χ1v) is 6.22. The Morgan fingerprint density at radius 2 is 2.20 bits per heavy atom. The van der Waals surface area contributed by atoms with Gasteiger partial charge in [0.25, 0.3) is 5.91 Å². The van der Waals surface area contributed by atoms with Gasteiger partial charge in [0.2, 0.25) is 5.75 Å². The van der Waals surface area contributed by atoms with Gasteiger partial charge in [-0.25, -0.2) is 0 Å². The second-order valence-corrected chi connectivity index (χ2v) is 4.38. The number of nitro groups is 1. The van der Waals surface area contributed by atoms with E-state index >= 15 is 0 Å². The fourth-order valence-corrected chi connectivity index (χ4v) is 1.82. The van der Waals surface area contributed by atoms with Crippen LogP contribution < -0.4 is 4.74 Å². The molecule has 1 atom stereocenters. The van der Waals surface area contributed by atoms with E-state index in [1.54, 1.807) is 13.8 Å². The van der Waals surface area contributed by atoms with Crippen molar-refractivity contribution in [2.45, 2.75) is 20.0 Å². The van der Waals surface area contributed by atoms with Crippen molar-refractivity contribution in [3.05, 3.63) is 33.9 Å². The Labute approximate surface area is 116 Å². The van der Waals surface area contributed by atoms with Crippen molar-refractivity contribution in [2.24, 2.45) is 0 Å². The van der Waals surface area contributed by atoms with Crippen LogP contribution in [-0.4, -0.2) is 47.1 Å². The molecule has 0 saturated heterocycles. The third kappa shape index (κ3) is 3.67. The molecule has 0 spiro atoms. The second kappa shape index (κ2) is 6.85. The number of aliphatic hydroxyl groups excluding tert-OH is 1. The summed E-state index contributed by atoms with van der Waals surface area (Å²) in [5.74, 6) is -0.472. The van der Waals surface area contributed by atoms with Crippen LogP contribution in [0, 0.1) is 10.1 Å². The maximum Gasteiger partial charge on any atom is 0.311 e. The second-order valence-electron chi connectivity index (χ2n) is 4.38. The average Bonchev–Trinajstić information content (AvgIpc) is 2.37. The van der Waals surface area contributed by atoms with Crippen LogP contribution in [0.25, 0.3) is 0 Å². The fourth-order valence-electron chi connectivity index (χ4n) is 1.82. The van der Waals surface area contributed by atoms with Gasteiger partial charge < -0.3 is 14.7 Å². The molecule has 0 radical (unpaired) electrons. The van der Waals surface area contributed by atoms with Gasteiger partial charge in [-0.05, 0) is 19.9 Å². The Morgan fingerprint density at radius 1 is 1.55 bits per heavy atom. The predicted molar refractivity (Wildman–Crippen MR) is 72.9 cm³/mol. The minimum atomic E-state index is -0.682. The van der Waals surface area contributed by atoms with Gasteiger partial charge in [0.05, 0.1) is 23.2 Å². The standard InChI is InChI=1S/C13H18N2O5/c1-4-20-12-10(6-5-7-11(12)15(18)19)13(17)14(3)8-9(2)16/h5-7,9,16H,4,8H2,1-3H3. The molecule has 0 bridgehead atoms. The third-order valence-corrected chi connectivity index (χ3v) is 2.59. The zero-order valence-corrected chi connectivity index (χ0v) is 11.7. The summed E-state index contributed by atoms with van der Waals surface area (Å²) in [5.41, 5.74) is -0.132. The predicted octanol–water partition coefficient (Wildman–Crippen LogP) is 1.45. The number of ether oxygens (including phenoxy) is 1. The summed E-state index contributed by atoms with van der Waals surface area (Å²) in [4.78, 5) is 24.0. The highest BCUT2D eigenvalue weighted by molar-refractivity contribution is 5.98. The van der Waals surface area contributed by atoms with Crippen LogP contribution in [0.15, 0.2) is 18.2 Å². The van der Waals surface area contributed by atoms with E-state index in [1.807, 2.05) is 0 Å². The van der Waals surface area contributed by atoms with E-state index in [2.05, 4.69) is 0 Å². The van der Waals surface area contributed by atoms with Crippen LogP contribution in [0.5, 0.6) is 5.75 Å². The Morgan fingerprint density at radius 3 is 2.70 bits per heavy atom. The molecule has 1 unspecified atom stereocenters. The van der Waals surface area contributed by atoms with Crippen molar-refractivity contribution in [1.82, 2.24) is 4.90 Å². The SMILES string of the molecule is CCOc1c(C(=O)N(C)CC(C)O)cccc1[N+](=O)[O-]. The molecule has 1 rings (SSSR count). The number of likely N-dealkylation sites (N-methyl/N-ethyl adjacent to an activating group) is 1. The lowest BCUT2D eigenvalue weighted by molar-refractivity contribution is -0.385. The summed E-state index contributed by atoms with van der Waals surface area (Å²) in [7, 11) is 1.52. The number of hydrogen-bond donors (Lipinski definition) is 1. The lowest BCUT2D eigenvalue weighted by Crippen LogP contribution is -2.33. The van der Waals surface area contributed by atoms with E-state index in [1.165, 1.54) is 30.1 Å². The molecule has 0 aliphatic heterocycles. The minimum absolute atomic E-state index is 0.0394. The molecule has 1 N–H and O–H groups in total. The van der Waals surface area contributed by atoms with E-state index in [0.717, 1.165) is 0 Å². The van der Waals surface area contributed by atoms with Gasteiger partial charge in [-0.1, -0.05) is 6.07 Å². The molecule has 0 heterocycles. The number of aliphatic hydroxyl groups is 1. The lowest BCUT2D eigenvalue weighted by Gasteiger charge is -2.20. The first-order chi connectivity index (χ1) is 9.38. The van der Waals surface area contributed by atoms with Crippen molar-refractivity contribution in [1.29, 1.82) is 0 Å². The van der Waals surface area contributed by atoms with Crippen molar-refractivity contribution in [3.63, 3.8) is 0 Å². The first-order valence-electron chi connectivity index (χ1n) is 6.22. The van der Waals surface area contributed by atoms with Gasteiger partial charge in [0, 0.05) is 19.7 Å². The molecule has 7 nitrogen and oxygen atoms in total. The number of carbonyl (C=O) groups is 1. The van der Waals surface area contributed by atoms with Crippen LogP contribution in [0.1, 0.15) is 24.2 Å².